The first-order valence-electron chi connectivity index (χ1n) is 9.31. The van der Waals surface area contributed by atoms with Crippen LogP contribution in [0.3, 0.4) is 0 Å². The number of phenols is 1. The summed E-state index contributed by atoms with van der Waals surface area (Å²) in [5.41, 5.74) is -0.0294. The lowest BCUT2D eigenvalue weighted by molar-refractivity contribution is -0.385. The van der Waals surface area contributed by atoms with E-state index >= 15 is 0 Å². The van der Waals surface area contributed by atoms with Crippen molar-refractivity contribution in [3.8, 4) is 5.75 Å². The Labute approximate surface area is 161 Å². The lowest BCUT2D eigenvalue weighted by atomic mass is 9.88. The maximum absolute atomic E-state index is 12.9. The van der Waals surface area contributed by atoms with Crippen molar-refractivity contribution in [2.45, 2.75) is 50.7 Å². The second-order valence-corrected chi connectivity index (χ2v) is 7.13. The summed E-state index contributed by atoms with van der Waals surface area (Å²) in [4.78, 5) is 35.2. The number of rotatable bonds is 4. The van der Waals surface area contributed by atoms with Gasteiger partial charge in [-0.1, -0.05) is 25.5 Å². The van der Waals surface area contributed by atoms with Gasteiger partial charge in [0, 0.05) is 11.8 Å². The summed E-state index contributed by atoms with van der Waals surface area (Å²) in [5.74, 6) is -1.97. The third-order valence-corrected chi connectivity index (χ3v) is 5.16. The number of phenolic OH excluding ortho intramolecular Hbond substituents is 1. The molecule has 28 heavy (non-hydrogen) atoms. The fourth-order valence-corrected chi connectivity index (χ4v) is 3.72. The molecular formula is C19H23N3O6. The standard InChI is InChI=1S/C19H23N3O6/c1-11-16(18(24)28-13-6-4-2-3-5-7-13)17(21-19(25)20-11)12-8-9-15(23)14(10-12)22(26)27/h8-10,13,16-17,23H,1-7H2,(H2,20,21,25). The number of urea groups is 1. The number of amides is 2. The second kappa shape index (κ2) is 8.28. The molecule has 150 valence electrons. The van der Waals surface area contributed by atoms with E-state index in [1.165, 1.54) is 6.07 Å². The van der Waals surface area contributed by atoms with Crippen LogP contribution in [-0.2, 0) is 9.53 Å². The molecule has 1 aliphatic carbocycles. The molecule has 0 bridgehead atoms. The third-order valence-electron chi connectivity index (χ3n) is 5.16. The number of carbonyl (C=O) groups excluding carboxylic acids is 2. The molecule has 1 saturated carbocycles. The molecule has 0 spiro atoms. The number of benzene rings is 1. The van der Waals surface area contributed by atoms with Crippen molar-refractivity contribution in [3.63, 3.8) is 0 Å². The Morgan fingerprint density at radius 1 is 1.25 bits per heavy atom. The van der Waals surface area contributed by atoms with Gasteiger partial charge >= 0.3 is 17.7 Å². The first kappa shape index (κ1) is 19.7. The average Bonchev–Trinajstić information content (AvgIpc) is 2.89. The van der Waals surface area contributed by atoms with Gasteiger partial charge in [-0.15, -0.1) is 0 Å². The largest absolute Gasteiger partial charge is 0.502 e. The molecule has 1 saturated heterocycles. The summed E-state index contributed by atoms with van der Waals surface area (Å²) in [6, 6.07) is 2.28. The Morgan fingerprint density at radius 3 is 2.57 bits per heavy atom. The Kier molecular flexibility index (Phi) is 5.81. The summed E-state index contributed by atoms with van der Waals surface area (Å²) in [7, 11) is 0. The highest BCUT2D eigenvalue weighted by molar-refractivity contribution is 5.85. The molecule has 2 fully saturated rings. The number of ether oxygens (including phenoxy) is 1. The van der Waals surface area contributed by atoms with Crippen LogP contribution in [0.2, 0.25) is 0 Å². The van der Waals surface area contributed by atoms with Crippen LogP contribution in [0.4, 0.5) is 10.5 Å². The van der Waals surface area contributed by atoms with E-state index in [0.29, 0.717) is 5.56 Å². The molecule has 2 atom stereocenters. The van der Waals surface area contributed by atoms with E-state index in [-0.39, 0.29) is 11.8 Å². The van der Waals surface area contributed by atoms with Crippen molar-refractivity contribution in [2.75, 3.05) is 0 Å². The third kappa shape index (κ3) is 4.24. The minimum Gasteiger partial charge on any atom is -0.502 e. The lowest BCUT2D eigenvalue weighted by Crippen LogP contribution is -2.51. The smallest absolute Gasteiger partial charge is 0.319 e. The number of nitro benzene ring substituents is 1. The highest BCUT2D eigenvalue weighted by atomic mass is 16.6. The molecule has 3 N–H and O–H groups in total. The van der Waals surface area contributed by atoms with Crippen molar-refractivity contribution >= 4 is 17.7 Å². The number of hydrogen-bond acceptors (Lipinski definition) is 6. The van der Waals surface area contributed by atoms with E-state index in [1.807, 2.05) is 0 Å². The maximum atomic E-state index is 12.9. The molecule has 0 aromatic heterocycles. The van der Waals surface area contributed by atoms with E-state index in [1.54, 1.807) is 0 Å². The van der Waals surface area contributed by atoms with Gasteiger partial charge in [-0.25, -0.2) is 4.79 Å². The highest BCUT2D eigenvalue weighted by Crippen LogP contribution is 2.35. The van der Waals surface area contributed by atoms with Gasteiger partial charge in [-0.05, 0) is 37.3 Å². The molecule has 1 aromatic carbocycles. The van der Waals surface area contributed by atoms with E-state index in [2.05, 4.69) is 17.2 Å². The number of nitrogens with one attached hydrogen (secondary N) is 2. The van der Waals surface area contributed by atoms with Crippen LogP contribution in [0, 0.1) is 16.0 Å². The number of hydrogen-bond donors (Lipinski definition) is 3. The molecule has 1 aliphatic heterocycles. The minimum atomic E-state index is -0.940. The number of nitro groups is 1. The van der Waals surface area contributed by atoms with Crippen LogP contribution in [0.15, 0.2) is 30.5 Å². The second-order valence-electron chi connectivity index (χ2n) is 7.13. The summed E-state index contributed by atoms with van der Waals surface area (Å²) >= 11 is 0. The fourth-order valence-electron chi connectivity index (χ4n) is 3.72. The van der Waals surface area contributed by atoms with Crippen LogP contribution in [0.5, 0.6) is 5.75 Å². The molecule has 9 nitrogen and oxygen atoms in total. The molecule has 3 rings (SSSR count). The molecule has 9 heteroatoms. The fraction of sp³-hybridized carbons (Fsp3) is 0.474. The topological polar surface area (TPSA) is 131 Å². The molecule has 2 unspecified atom stereocenters. The molecule has 0 radical (unpaired) electrons. The van der Waals surface area contributed by atoms with E-state index in [4.69, 9.17) is 4.74 Å². The molecule has 1 heterocycles. The van der Waals surface area contributed by atoms with Crippen molar-refractivity contribution in [1.82, 2.24) is 10.6 Å². The van der Waals surface area contributed by atoms with Crippen LogP contribution in [-0.4, -0.2) is 28.1 Å². The Bertz CT molecular complexity index is 801. The van der Waals surface area contributed by atoms with E-state index in [0.717, 1.165) is 50.7 Å². The average molecular weight is 389 g/mol. The summed E-state index contributed by atoms with van der Waals surface area (Å²) in [6.07, 6.45) is 5.61. The maximum Gasteiger partial charge on any atom is 0.319 e. The first-order chi connectivity index (χ1) is 13.4. The van der Waals surface area contributed by atoms with E-state index < -0.39 is 40.3 Å². The van der Waals surface area contributed by atoms with Crippen LogP contribution < -0.4 is 10.6 Å². The lowest BCUT2D eigenvalue weighted by Gasteiger charge is -2.34. The molecular weight excluding hydrogens is 366 g/mol. The van der Waals surface area contributed by atoms with Gasteiger partial charge < -0.3 is 20.5 Å². The zero-order valence-corrected chi connectivity index (χ0v) is 15.3. The molecule has 2 amide bonds. The number of aromatic hydroxyl groups is 1. The Hall–Kier alpha value is -3.10. The predicted octanol–water partition coefficient (Wildman–Crippen LogP) is 3.05. The quantitative estimate of drug-likeness (QED) is 0.314. The first-order valence-corrected chi connectivity index (χ1v) is 9.31. The number of carbonyl (C=O) groups is 2. The monoisotopic (exact) mass is 389 g/mol. The normalized spacial score (nSPS) is 23.3. The van der Waals surface area contributed by atoms with Crippen molar-refractivity contribution in [1.29, 1.82) is 0 Å². The van der Waals surface area contributed by atoms with Crippen LogP contribution >= 0.6 is 0 Å². The van der Waals surface area contributed by atoms with Crippen LogP contribution in [0.1, 0.15) is 50.1 Å². The van der Waals surface area contributed by atoms with Gasteiger partial charge in [0.1, 0.15) is 12.0 Å². The predicted molar refractivity (Wildman–Crippen MR) is 99.4 cm³/mol. The van der Waals surface area contributed by atoms with Gasteiger partial charge in [0.25, 0.3) is 0 Å². The van der Waals surface area contributed by atoms with E-state index in [9.17, 15) is 24.8 Å². The number of nitrogens with zero attached hydrogens (tertiary/aromatic N) is 1. The summed E-state index contributed by atoms with van der Waals surface area (Å²) in [5, 5.41) is 25.9. The highest BCUT2D eigenvalue weighted by Gasteiger charge is 2.40. The SMILES string of the molecule is C=C1NC(=O)NC(c2ccc(O)c([N+](=O)[O-])c2)C1C(=O)OC1CCCCCC1. The van der Waals surface area contributed by atoms with Crippen LogP contribution in [0.25, 0.3) is 0 Å². The van der Waals surface area contributed by atoms with Gasteiger partial charge in [0.05, 0.1) is 11.0 Å². The van der Waals surface area contributed by atoms with Gasteiger partial charge in [0.15, 0.2) is 5.75 Å². The van der Waals surface area contributed by atoms with Crippen molar-refractivity contribution in [3.05, 3.63) is 46.2 Å². The van der Waals surface area contributed by atoms with Crippen molar-refractivity contribution < 1.29 is 24.4 Å². The zero-order chi connectivity index (χ0) is 20.3. The molecule has 1 aromatic rings. The summed E-state index contributed by atoms with van der Waals surface area (Å²) < 4.78 is 5.70. The Morgan fingerprint density at radius 2 is 1.93 bits per heavy atom. The molecule has 2 aliphatic rings. The van der Waals surface area contributed by atoms with Gasteiger partial charge in [-0.2, -0.15) is 0 Å². The minimum absolute atomic E-state index is 0.170. The Balaban J connectivity index is 1.87. The summed E-state index contributed by atoms with van der Waals surface area (Å²) in [6.45, 7) is 3.77. The number of esters is 1. The zero-order valence-electron chi connectivity index (χ0n) is 15.3. The van der Waals surface area contributed by atoms with Crippen molar-refractivity contribution in [2.24, 2.45) is 5.92 Å². The van der Waals surface area contributed by atoms with Gasteiger partial charge in [0.2, 0.25) is 0 Å². The van der Waals surface area contributed by atoms with Gasteiger partial charge in [-0.3, -0.25) is 14.9 Å².